The first-order valence-electron chi connectivity index (χ1n) is 5.65. The highest BCUT2D eigenvalue weighted by Gasteiger charge is 2.29. The molecule has 94 valence electrons. The molecule has 0 aliphatic carbocycles. The average Bonchev–Trinajstić information content (AvgIpc) is 2.15. The quantitative estimate of drug-likeness (QED) is 0.729. The first-order chi connectivity index (χ1) is 7.29. The van der Waals surface area contributed by atoms with Crippen molar-refractivity contribution in [2.24, 2.45) is 5.73 Å². The van der Waals surface area contributed by atoms with E-state index in [2.05, 4.69) is 0 Å². The average molecular weight is 230 g/mol. The third-order valence-electron chi connectivity index (χ3n) is 2.33. The summed E-state index contributed by atoms with van der Waals surface area (Å²) in [7, 11) is 0. The van der Waals surface area contributed by atoms with Crippen LogP contribution in [-0.4, -0.2) is 48.4 Å². The van der Waals surface area contributed by atoms with Gasteiger partial charge in [0, 0.05) is 12.6 Å². The Kier molecular flexibility index (Phi) is 4.15. The number of rotatable bonds is 1. The van der Waals surface area contributed by atoms with E-state index in [1.165, 1.54) is 0 Å². The molecule has 5 heteroatoms. The van der Waals surface area contributed by atoms with Crippen molar-refractivity contribution in [2.45, 2.75) is 45.4 Å². The normalized spacial score (nSPS) is 24.1. The fraction of sp³-hybridized carbons (Fsp3) is 0.909. The summed E-state index contributed by atoms with van der Waals surface area (Å²) in [6, 6.07) is -0.0785. The second-order valence-corrected chi connectivity index (χ2v) is 5.19. The lowest BCUT2D eigenvalue weighted by atomic mass is 10.1. The number of hydrogen-bond acceptors (Lipinski definition) is 4. The molecular weight excluding hydrogens is 208 g/mol. The topological polar surface area (TPSA) is 64.8 Å². The lowest BCUT2D eigenvalue weighted by Crippen LogP contribution is -2.52. The Morgan fingerprint density at radius 1 is 1.56 bits per heavy atom. The molecule has 2 N–H and O–H groups in total. The summed E-state index contributed by atoms with van der Waals surface area (Å²) in [4.78, 5) is 13.4. The van der Waals surface area contributed by atoms with E-state index in [1.807, 2.05) is 27.7 Å². The van der Waals surface area contributed by atoms with Gasteiger partial charge >= 0.3 is 6.09 Å². The van der Waals surface area contributed by atoms with Crippen LogP contribution in [0, 0.1) is 0 Å². The summed E-state index contributed by atoms with van der Waals surface area (Å²) >= 11 is 0. The van der Waals surface area contributed by atoms with Gasteiger partial charge in [0.05, 0.1) is 19.3 Å². The third kappa shape index (κ3) is 3.98. The lowest BCUT2D eigenvalue weighted by Gasteiger charge is -2.35. The largest absolute Gasteiger partial charge is 0.444 e. The Hall–Kier alpha value is -0.810. The van der Waals surface area contributed by atoms with Crippen LogP contribution in [0.2, 0.25) is 0 Å². The van der Waals surface area contributed by atoms with Crippen molar-refractivity contribution < 1.29 is 14.3 Å². The van der Waals surface area contributed by atoms with E-state index in [9.17, 15) is 4.79 Å². The van der Waals surface area contributed by atoms with Gasteiger partial charge in [-0.1, -0.05) is 0 Å². The first kappa shape index (κ1) is 13.3. The van der Waals surface area contributed by atoms with Crippen LogP contribution in [0.1, 0.15) is 27.7 Å². The van der Waals surface area contributed by atoms with Gasteiger partial charge in [-0.15, -0.1) is 0 Å². The van der Waals surface area contributed by atoms with Crippen LogP contribution >= 0.6 is 0 Å². The van der Waals surface area contributed by atoms with Crippen molar-refractivity contribution in [3.8, 4) is 0 Å². The van der Waals surface area contributed by atoms with Crippen molar-refractivity contribution in [1.29, 1.82) is 0 Å². The van der Waals surface area contributed by atoms with E-state index in [4.69, 9.17) is 15.2 Å². The zero-order valence-electron chi connectivity index (χ0n) is 10.5. The molecule has 0 aromatic carbocycles. The van der Waals surface area contributed by atoms with Gasteiger partial charge in [-0.05, 0) is 27.7 Å². The van der Waals surface area contributed by atoms with Crippen LogP contribution < -0.4 is 5.73 Å². The van der Waals surface area contributed by atoms with Gasteiger partial charge < -0.3 is 20.1 Å². The van der Waals surface area contributed by atoms with Crippen LogP contribution in [0.5, 0.6) is 0 Å². The molecule has 2 atom stereocenters. The van der Waals surface area contributed by atoms with Crippen LogP contribution in [-0.2, 0) is 9.47 Å². The number of carbonyl (C=O) groups excluding carboxylic acids is 1. The smallest absolute Gasteiger partial charge is 0.410 e. The number of nitrogens with two attached hydrogens (primary N) is 1. The molecule has 0 spiro atoms. The van der Waals surface area contributed by atoms with Crippen molar-refractivity contribution in [3.05, 3.63) is 0 Å². The molecule has 1 amide bonds. The van der Waals surface area contributed by atoms with E-state index in [0.717, 1.165) is 0 Å². The van der Waals surface area contributed by atoms with Gasteiger partial charge in [0.1, 0.15) is 5.60 Å². The molecule has 5 nitrogen and oxygen atoms in total. The van der Waals surface area contributed by atoms with Crippen LogP contribution in [0.15, 0.2) is 0 Å². The minimum absolute atomic E-state index is 0.0785. The van der Waals surface area contributed by atoms with E-state index in [1.54, 1.807) is 4.90 Å². The molecule has 1 aliphatic rings. The molecule has 0 unspecified atom stereocenters. The molecular formula is C11H22N2O3. The molecule has 0 bridgehead atoms. The van der Waals surface area contributed by atoms with Gasteiger partial charge in [0.2, 0.25) is 0 Å². The van der Waals surface area contributed by atoms with Gasteiger partial charge in [0.15, 0.2) is 0 Å². The molecule has 0 radical (unpaired) electrons. The molecule has 1 heterocycles. The third-order valence-corrected chi connectivity index (χ3v) is 2.33. The number of hydrogen-bond donors (Lipinski definition) is 1. The van der Waals surface area contributed by atoms with E-state index in [-0.39, 0.29) is 18.2 Å². The van der Waals surface area contributed by atoms with Crippen molar-refractivity contribution in [3.63, 3.8) is 0 Å². The van der Waals surface area contributed by atoms with Gasteiger partial charge in [-0.3, -0.25) is 0 Å². The predicted molar refractivity (Wildman–Crippen MR) is 61.2 cm³/mol. The minimum Gasteiger partial charge on any atom is -0.444 e. The summed E-state index contributed by atoms with van der Waals surface area (Å²) in [5.41, 5.74) is 5.29. The lowest BCUT2D eigenvalue weighted by molar-refractivity contribution is -0.0483. The molecule has 0 saturated carbocycles. The Balaban J connectivity index is 2.50. The van der Waals surface area contributed by atoms with Crippen molar-refractivity contribution in [1.82, 2.24) is 4.90 Å². The Bertz CT molecular complexity index is 248. The second-order valence-electron chi connectivity index (χ2n) is 5.19. The zero-order valence-corrected chi connectivity index (χ0v) is 10.5. The number of carbonyl (C=O) groups is 1. The SMILES string of the molecule is C[C@H](N)[C@H]1CN(C(=O)OC(C)(C)C)CCO1. The highest BCUT2D eigenvalue weighted by atomic mass is 16.6. The maximum atomic E-state index is 11.8. The monoisotopic (exact) mass is 230 g/mol. The van der Waals surface area contributed by atoms with E-state index < -0.39 is 5.60 Å². The van der Waals surface area contributed by atoms with Gasteiger partial charge in [-0.2, -0.15) is 0 Å². The van der Waals surface area contributed by atoms with Crippen molar-refractivity contribution >= 4 is 6.09 Å². The number of amides is 1. The van der Waals surface area contributed by atoms with E-state index >= 15 is 0 Å². The standard InChI is InChI=1S/C11H22N2O3/c1-8(12)9-7-13(5-6-15-9)10(14)16-11(2,3)4/h8-9H,5-7,12H2,1-4H3/t8-,9+/m0/s1. The van der Waals surface area contributed by atoms with Crippen molar-refractivity contribution in [2.75, 3.05) is 19.7 Å². The maximum Gasteiger partial charge on any atom is 0.410 e. The Morgan fingerprint density at radius 2 is 2.19 bits per heavy atom. The summed E-state index contributed by atoms with van der Waals surface area (Å²) in [6.45, 7) is 9.04. The predicted octanol–water partition coefficient (Wildman–Crippen LogP) is 0.969. The van der Waals surface area contributed by atoms with Crippen LogP contribution in [0.25, 0.3) is 0 Å². The fourth-order valence-corrected chi connectivity index (χ4v) is 1.49. The maximum absolute atomic E-state index is 11.8. The summed E-state index contributed by atoms with van der Waals surface area (Å²) in [5, 5.41) is 0. The molecule has 1 rings (SSSR count). The minimum atomic E-state index is -0.459. The number of ether oxygens (including phenoxy) is 2. The van der Waals surface area contributed by atoms with Gasteiger partial charge in [-0.25, -0.2) is 4.79 Å². The Morgan fingerprint density at radius 3 is 2.69 bits per heavy atom. The summed E-state index contributed by atoms with van der Waals surface area (Å²) < 4.78 is 10.8. The fourth-order valence-electron chi connectivity index (χ4n) is 1.49. The molecule has 0 aromatic heterocycles. The summed E-state index contributed by atoms with van der Waals surface area (Å²) in [6.07, 6.45) is -0.386. The molecule has 16 heavy (non-hydrogen) atoms. The van der Waals surface area contributed by atoms with Crippen LogP contribution in [0.3, 0.4) is 0 Å². The molecule has 1 fully saturated rings. The molecule has 1 aliphatic heterocycles. The highest BCUT2D eigenvalue weighted by molar-refractivity contribution is 5.68. The number of nitrogens with zero attached hydrogens (tertiary/aromatic N) is 1. The zero-order chi connectivity index (χ0) is 12.3. The first-order valence-corrected chi connectivity index (χ1v) is 5.65. The van der Waals surface area contributed by atoms with E-state index in [0.29, 0.717) is 19.7 Å². The second kappa shape index (κ2) is 5.01. The molecule has 0 aromatic rings. The highest BCUT2D eigenvalue weighted by Crippen LogP contribution is 2.13. The molecule has 1 saturated heterocycles. The Labute approximate surface area is 96.9 Å². The van der Waals surface area contributed by atoms with Gasteiger partial charge in [0.25, 0.3) is 0 Å². The summed E-state index contributed by atoms with van der Waals surface area (Å²) in [5.74, 6) is 0. The number of morpholine rings is 1. The van der Waals surface area contributed by atoms with Crippen LogP contribution in [0.4, 0.5) is 4.79 Å².